The van der Waals surface area contributed by atoms with Gasteiger partial charge < -0.3 is 19.5 Å². The van der Waals surface area contributed by atoms with Crippen LogP contribution in [0.4, 0.5) is 0 Å². The van der Waals surface area contributed by atoms with Gasteiger partial charge in [0.2, 0.25) is 5.76 Å². The highest BCUT2D eigenvalue weighted by atomic mass is 16.4. The van der Waals surface area contributed by atoms with Gasteiger partial charge in [0, 0.05) is 31.8 Å². The average Bonchev–Trinajstić information content (AvgIpc) is 2.77. The summed E-state index contributed by atoms with van der Waals surface area (Å²) in [5.74, 6) is 0.638. The lowest BCUT2D eigenvalue weighted by Gasteiger charge is -2.54. The minimum absolute atomic E-state index is 0.152. The number of carbonyl (C=O) groups is 1. The van der Waals surface area contributed by atoms with E-state index in [1.807, 2.05) is 0 Å². The van der Waals surface area contributed by atoms with Crippen LogP contribution in [0.3, 0.4) is 0 Å². The maximum absolute atomic E-state index is 12.4. The molecule has 3 rings (SSSR count). The van der Waals surface area contributed by atoms with Crippen molar-refractivity contribution in [3.8, 4) is 0 Å². The first-order chi connectivity index (χ1) is 9.44. The lowest BCUT2D eigenvalue weighted by Crippen LogP contribution is -2.61. The molecule has 1 spiro atoms. The molecule has 1 amide bonds. The van der Waals surface area contributed by atoms with E-state index in [1.165, 1.54) is 0 Å². The van der Waals surface area contributed by atoms with Gasteiger partial charge >= 0.3 is 0 Å². The van der Waals surface area contributed by atoms with Crippen molar-refractivity contribution >= 4 is 5.91 Å². The monoisotopic (exact) mass is 280 g/mol. The number of aliphatic hydroxyl groups excluding tert-OH is 2. The van der Waals surface area contributed by atoms with Crippen LogP contribution in [0.25, 0.3) is 0 Å². The van der Waals surface area contributed by atoms with Crippen molar-refractivity contribution in [2.24, 2.45) is 5.41 Å². The van der Waals surface area contributed by atoms with Gasteiger partial charge in [0.25, 0.3) is 5.91 Å². The zero-order valence-corrected chi connectivity index (χ0v) is 11.8. The first-order valence-electron chi connectivity index (χ1n) is 7.03. The first kappa shape index (κ1) is 13.6. The Morgan fingerprint density at radius 3 is 2.35 bits per heavy atom. The highest BCUT2D eigenvalue weighted by molar-refractivity contribution is 5.92. The second-order valence-corrected chi connectivity index (χ2v) is 5.94. The Morgan fingerprint density at radius 2 is 1.90 bits per heavy atom. The smallest absolute Gasteiger partial charge is 0.291 e. The van der Waals surface area contributed by atoms with Gasteiger partial charge in [0.15, 0.2) is 5.89 Å². The number of hydrogen-bond donors (Lipinski definition) is 2. The van der Waals surface area contributed by atoms with Crippen LogP contribution >= 0.6 is 0 Å². The second-order valence-electron chi connectivity index (χ2n) is 5.94. The van der Waals surface area contributed by atoms with Crippen LogP contribution in [0.1, 0.15) is 41.4 Å². The number of hydrogen-bond acceptors (Lipinski definition) is 5. The van der Waals surface area contributed by atoms with Gasteiger partial charge in [-0.25, -0.2) is 4.98 Å². The largest absolute Gasteiger partial charge is 0.436 e. The molecule has 0 aromatic carbocycles. The van der Waals surface area contributed by atoms with Crippen LogP contribution in [0.2, 0.25) is 0 Å². The first-order valence-corrected chi connectivity index (χ1v) is 7.03. The fourth-order valence-electron chi connectivity index (χ4n) is 3.41. The van der Waals surface area contributed by atoms with Crippen molar-refractivity contribution < 1.29 is 19.4 Å². The Labute approximate surface area is 117 Å². The fraction of sp³-hybridized carbons (Fsp3) is 0.714. The van der Waals surface area contributed by atoms with Crippen molar-refractivity contribution in [1.82, 2.24) is 9.88 Å². The van der Waals surface area contributed by atoms with E-state index in [0.717, 1.165) is 0 Å². The third-order valence-corrected chi connectivity index (χ3v) is 4.85. The van der Waals surface area contributed by atoms with Crippen LogP contribution in [0.15, 0.2) is 4.42 Å². The normalized spacial score (nSPS) is 28.5. The molecule has 1 aliphatic carbocycles. The lowest BCUT2D eigenvalue weighted by molar-refractivity contribution is -0.187. The molecule has 1 aromatic heterocycles. The van der Waals surface area contributed by atoms with E-state index in [-0.39, 0.29) is 5.91 Å². The Morgan fingerprint density at radius 1 is 1.30 bits per heavy atom. The van der Waals surface area contributed by atoms with E-state index >= 15 is 0 Å². The molecule has 0 unspecified atom stereocenters. The number of carbonyl (C=O) groups excluding carboxylic acids is 1. The molecule has 6 heteroatoms. The Kier molecular flexibility index (Phi) is 3.10. The van der Waals surface area contributed by atoms with Crippen LogP contribution in [-0.4, -0.2) is 51.3 Å². The molecule has 0 bridgehead atoms. The Balaban J connectivity index is 1.69. The molecular weight excluding hydrogens is 260 g/mol. The van der Waals surface area contributed by atoms with Gasteiger partial charge in [-0.3, -0.25) is 4.79 Å². The second kappa shape index (κ2) is 4.56. The Bertz CT molecular complexity index is 521. The van der Waals surface area contributed by atoms with Gasteiger partial charge in [0.1, 0.15) is 0 Å². The average molecular weight is 280 g/mol. The zero-order valence-electron chi connectivity index (χ0n) is 11.8. The number of likely N-dealkylation sites (tertiary alicyclic amines) is 1. The van der Waals surface area contributed by atoms with E-state index in [4.69, 9.17) is 4.42 Å². The summed E-state index contributed by atoms with van der Waals surface area (Å²) < 4.78 is 5.36. The highest BCUT2D eigenvalue weighted by Gasteiger charge is 2.55. The molecule has 2 heterocycles. The summed E-state index contributed by atoms with van der Waals surface area (Å²) in [7, 11) is 0. The van der Waals surface area contributed by atoms with Crippen molar-refractivity contribution in [3.05, 3.63) is 17.3 Å². The number of rotatable bonds is 1. The number of nitrogens with zero attached hydrogens (tertiary/aromatic N) is 2. The molecule has 6 nitrogen and oxygen atoms in total. The van der Waals surface area contributed by atoms with Crippen LogP contribution in [0, 0.1) is 19.3 Å². The van der Waals surface area contributed by atoms with Gasteiger partial charge in [-0.2, -0.15) is 0 Å². The van der Waals surface area contributed by atoms with Crippen LogP contribution < -0.4 is 0 Å². The standard InChI is InChI=1S/C14H20N2O4/c1-8-12(20-9(2)15-8)13(19)16-5-3-14(4-6-16)10(17)7-11(14)18/h10-11,17-18H,3-7H2,1-2H3/t10-,11+. The van der Waals surface area contributed by atoms with E-state index < -0.39 is 17.6 Å². The quantitative estimate of drug-likeness (QED) is 0.788. The number of aryl methyl sites for hydroxylation is 2. The molecule has 1 aliphatic heterocycles. The SMILES string of the molecule is Cc1nc(C)c(C(=O)N2CCC3(CC2)[C@H](O)C[C@@H]3O)o1. The summed E-state index contributed by atoms with van der Waals surface area (Å²) in [5, 5.41) is 19.8. The van der Waals surface area contributed by atoms with Crippen LogP contribution in [0.5, 0.6) is 0 Å². The third-order valence-electron chi connectivity index (χ3n) is 4.85. The van der Waals surface area contributed by atoms with Crippen molar-refractivity contribution in [2.45, 2.75) is 45.3 Å². The summed E-state index contributed by atoms with van der Waals surface area (Å²) in [5.41, 5.74) is 0.208. The summed E-state index contributed by atoms with van der Waals surface area (Å²) >= 11 is 0. The van der Waals surface area contributed by atoms with Gasteiger partial charge in [-0.15, -0.1) is 0 Å². The highest BCUT2D eigenvalue weighted by Crippen LogP contribution is 2.49. The molecule has 1 saturated heterocycles. The predicted octanol–water partition coefficient (Wildman–Crippen LogP) is 0.639. The topological polar surface area (TPSA) is 86.8 Å². The van der Waals surface area contributed by atoms with Gasteiger partial charge in [-0.1, -0.05) is 0 Å². The van der Waals surface area contributed by atoms with Crippen molar-refractivity contribution in [2.75, 3.05) is 13.1 Å². The molecular formula is C14H20N2O4. The molecule has 2 N–H and O–H groups in total. The fourth-order valence-corrected chi connectivity index (χ4v) is 3.41. The van der Waals surface area contributed by atoms with Gasteiger partial charge in [-0.05, 0) is 19.8 Å². The van der Waals surface area contributed by atoms with Crippen LogP contribution in [-0.2, 0) is 0 Å². The molecule has 2 fully saturated rings. The summed E-state index contributed by atoms with van der Waals surface area (Å²) in [6, 6.07) is 0. The van der Waals surface area contributed by atoms with E-state index in [0.29, 0.717) is 49.7 Å². The van der Waals surface area contributed by atoms with Crippen molar-refractivity contribution in [3.63, 3.8) is 0 Å². The molecule has 110 valence electrons. The summed E-state index contributed by atoms with van der Waals surface area (Å²) in [4.78, 5) is 18.2. The summed E-state index contributed by atoms with van der Waals surface area (Å²) in [6.45, 7) is 4.54. The molecule has 0 radical (unpaired) electrons. The molecule has 2 aliphatic rings. The van der Waals surface area contributed by atoms with Crippen molar-refractivity contribution in [1.29, 1.82) is 0 Å². The van der Waals surface area contributed by atoms with E-state index in [2.05, 4.69) is 4.98 Å². The number of aromatic nitrogens is 1. The molecule has 2 atom stereocenters. The maximum Gasteiger partial charge on any atom is 0.291 e. The zero-order chi connectivity index (χ0) is 14.5. The molecule has 20 heavy (non-hydrogen) atoms. The summed E-state index contributed by atoms with van der Waals surface area (Å²) in [6.07, 6.45) is 0.836. The maximum atomic E-state index is 12.4. The number of aliphatic hydroxyl groups is 2. The molecule has 1 saturated carbocycles. The van der Waals surface area contributed by atoms with E-state index in [9.17, 15) is 15.0 Å². The predicted molar refractivity (Wildman–Crippen MR) is 70.2 cm³/mol. The lowest BCUT2D eigenvalue weighted by atomic mass is 9.58. The number of amides is 1. The van der Waals surface area contributed by atoms with E-state index in [1.54, 1.807) is 18.7 Å². The number of piperidine rings is 1. The minimum Gasteiger partial charge on any atom is -0.436 e. The number of oxazole rings is 1. The van der Waals surface area contributed by atoms with Gasteiger partial charge in [0.05, 0.1) is 17.9 Å². The molecule has 1 aromatic rings. The third kappa shape index (κ3) is 1.86. The Hall–Kier alpha value is -1.40. The minimum atomic E-state index is -0.441.